The number of nitrogens with two attached hydrogens (primary N) is 1. The predicted molar refractivity (Wildman–Crippen MR) is 72.6 cm³/mol. The van der Waals surface area contributed by atoms with E-state index < -0.39 is 0 Å². The number of nitrogens with one attached hydrogen (secondary N) is 1. The Morgan fingerprint density at radius 3 is 3.11 bits per heavy atom. The van der Waals surface area contributed by atoms with Crippen molar-refractivity contribution >= 4 is 29.2 Å². The number of nitrogen functional groups attached to an aromatic ring is 1. The zero-order chi connectivity index (χ0) is 13.7. The summed E-state index contributed by atoms with van der Waals surface area (Å²) in [4.78, 5) is 12.7. The average molecular weight is 279 g/mol. The van der Waals surface area contributed by atoms with Gasteiger partial charge in [0.05, 0.1) is 5.75 Å². The molecule has 1 heterocycles. The Labute approximate surface area is 114 Å². The molecule has 0 radical (unpaired) electrons. The summed E-state index contributed by atoms with van der Waals surface area (Å²) in [5.74, 6) is 0.489. The highest BCUT2D eigenvalue weighted by molar-refractivity contribution is 8.00. The summed E-state index contributed by atoms with van der Waals surface area (Å²) in [6.07, 6.45) is 1.64. The summed E-state index contributed by atoms with van der Waals surface area (Å²) in [5, 5.41) is 6.36. The minimum absolute atomic E-state index is 0.146. The van der Waals surface area contributed by atoms with Crippen LogP contribution < -0.4 is 15.7 Å². The zero-order valence-electron chi connectivity index (χ0n) is 10.5. The molecule has 0 saturated carbocycles. The Hall–Kier alpha value is -2.02. The van der Waals surface area contributed by atoms with Crippen molar-refractivity contribution in [1.82, 2.24) is 5.27 Å². The fourth-order valence-electron chi connectivity index (χ4n) is 1.41. The van der Waals surface area contributed by atoms with Gasteiger partial charge in [-0.2, -0.15) is 0 Å². The predicted octanol–water partition coefficient (Wildman–Crippen LogP) is 1.29. The molecule has 1 amide bonds. The molecule has 1 aromatic carbocycles. The number of carbonyl (C=O) groups is 1. The van der Waals surface area contributed by atoms with Crippen LogP contribution in [0.5, 0.6) is 0 Å². The monoisotopic (exact) mass is 279 g/mol. The maximum absolute atomic E-state index is 11.7. The Morgan fingerprint density at radius 2 is 2.42 bits per heavy atom. The molecule has 2 aromatic rings. The van der Waals surface area contributed by atoms with Gasteiger partial charge in [-0.3, -0.25) is 14.6 Å². The number of carbonyl (C=O) groups excluding carboxylic acids is 1. The van der Waals surface area contributed by atoms with E-state index in [1.54, 1.807) is 10.9 Å². The van der Waals surface area contributed by atoms with Crippen LogP contribution in [0.15, 0.2) is 39.9 Å². The minimum atomic E-state index is -0.146. The van der Waals surface area contributed by atoms with Crippen molar-refractivity contribution in [1.29, 1.82) is 0 Å². The van der Waals surface area contributed by atoms with Crippen molar-refractivity contribution in [2.45, 2.75) is 18.4 Å². The quantitative estimate of drug-likeness (QED) is 0.489. The largest absolute Gasteiger partial charge is 0.399 e. The van der Waals surface area contributed by atoms with Gasteiger partial charge in [0, 0.05) is 10.6 Å². The standard InChI is InChI=1S/C12H14N4O2S/c1-2-16-7-12(18-15-16)14-11(17)8-19-10-5-3-4-9(13)6-10/h3-7H,2,8,13H2,1H3/p+1. The lowest BCUT2D eigenvalue weighted by atomic mass is 10.3. The lowest BCUT2D eigenvalue weighted by molar-refractivity contribution is -0.759. The molecule has 0 aliphatic heterocycles. The van der Waals surface area contributed by atoms with Gasteiger partial charge in [0.1, 0.15) is 0 Å². The smallest absolute Gasteiger partial charge is 0.302 e. The third-order valence-electron chi connectivity index (χ3n) is 2.32. The van der Waals surface area contributed by atoms with Gasteiger partial charge in [-0.15, -0.1) is 11.8 Å². The zero-order valence-corrected chi connectivity index (χ0v) is 11.3. The second-order valence-electron chi connectivity index (χ2n) is 3.83. The highest BCUT2D eigenvalue weighted by atomic mass is 32.2. The maximum atomic E-state index is 11.7. The third kappa shape index (κ3) is 3.99. The molecule has 100 valence electrons. The van der Waals surface area contributed by atoms with Gasteiger partial charge in [0.15, 0.2) is 6.54 Å². The molecular weight excluding hydrogens is 264 g/mol. The van der Waals surface area contributed by atoms with Gasteiger partial charge in [0.2, 0.25) is 11.2 Å². The molecule has 0 unspecified atom stereocenters. The first-order valence-corrected chi connectivity index (χ1v) is 6.80. The number of aromatic nitrogens is 2. The molecule has 0 saturated heterocycles. The van der Waals surface area contributed by atoms with Gasteiger partial charge < -0.3 is 5.73 Å². The number of amides is 1. The number of rotatable bonds is 5. The van der Waals surface area contributed by atoms with Crippen molar-refractivity contribution in [2.24, 2.45) is 0 Å². The van der Waals surface area contributed by atoms with Crippen LogP contribution in [0, 0.1) is 0 Å². The fourth-order valence-corrected chi connectivity index (χ4v) is 2.17. The molecule has 1 aromatic heterocycles. The van der Waals surface area contributed by atoms with E-state index in [2.05, 4.69) is 10.6 Å². The summed E-state index contributed by atoms with van der Waals surface area (Å²) in [6, 6.07) is 7.41. The van der Waals surface area contributed by atoms with Gasteiger partial charge in [-0.1, -0.05) is 10.7 Å². The average Bonchev–Trinajstić information content (AvgIpc) is 2.84. The molecule has 7 heteroatoms. The van der Waals surface area contributed by atoms with Crippen molar-refractivity contribution in [3.05, 3.63) is 30.5 Å². The van der Waals surface area contributed by atoms with E-state index in [0.717, 1.165) is 4.90 Å². The number of benzene rings is 1. The van der Waals surface area contributed by atoms with E-state index in [9.17, 15) is 4.79 Å². The van der Waals surface area contributed by atoms with Crippen molar-refractivity contribution in [3.8, 4) is 0 Å². The first-order chi connectivity index (χ1) is 9.17. The molecule has 0 bridgehead atoms. The van der Waals surface area contributed by atoms with Gasteiger partial charge in [-0.05, 0) is 25.1 Å². The summed E-state index contributed by atoms with van der Waals surface area (Å²) >= 11 is 1.41. The third-order valence-corrected chi connectivity index (χ3v) is 3.32. The van der Waals surface area contributed by atoms with Crippen molar-refractivity contribution in [3.63, 3.8) is 0 Å². The van der Waals surface area contributed by atoms with Crippen LogP contribution in [0.25, 0.3) is 0 Å². The summed E-state index contributed by atoms with van der Waals surface area (Å²) in [7, 11) is 0. The number of aryl methyl sites for hydroxylation is 1. The number of nitrogens with zero attached hydrogens (tertiary/aromatic N) is 2. The fraction of sp³-hybridized carbons (Fsp3) is 0.250. The highest BCUT2D eigenvalue weighted by Gasteiger charge is 2.12. The molecule has 0 aliphatic rings. The molecular formula is C12H15N4O2S+. The lowest BCUT2D eigenvalue weighted by Crippen LogP contribution is -2.32. The molecule has 3 N–H and O–H groups in total. The molecule has 0 atom stereocenters. The topological polar surface area (TPSA) is 85.0 Å². The molecule has 0 fully saturated rings. The van der Waals surface area contributed by atoms with Crippen molar-refractivity contribution < 1.29 is 14.0 Å². The van der Waals surface area contributed by atoms with Crippen LogP contribution in [0.1, 0.15) is 6.92 Å². The molecule has 0 aliphatic carbocycles. The molecule has 0 spiro atoms. The first-order valence-electron chi connectivity index (χ1n) is 5.82. The SMILES string of the molecule is CC[n+]1cc(NC(=O)CSc2cccc(N)c2)on1. The Balaban J connectivity index is 1.84. The number of hydrogen-bond acceptors (Lipinski definition) is 5. The van der Waals surface area contributed by atoms with E-state index in [1.807, 2.05) is 31.2 Å². The highest BCUT2D eigenvalue weighted by Crippen LogP contribution is 2.20. The van der Waals surface area contributed by atoms with Crippen molar-refractivity contribution in [2.75, 3.05) is 16.8 Å². The van der Waals surface area contributed by atoms with Crippen LogP contribution in [0.2, 0.25) is 0 Å². The van der Waals surface area contributed by atoms with Gasteiger partial charge >= 0.3 is 5.88 Å². The normalized spacial score (nSPS) is 10.4. The van der Waals surface area contributed by atoms with E-state index in [4.69, 9.17) is 10.3 Å². The van der Waals surface area contributed by atoms with Crippen LogP contribution in [-0.4, -0.2) is 16.9 Å². The van der Waals surface area contributed by atoms with E-state index >= 15 is 0 Å². The van der Waals surface area contributed by atoms with Crippen LogP contribution in [0.3, 0.4) is 0 Å². The van der Waals surface area contributed by atoms with Crippen LogP contribution >= 0.6 is 11.8 Å². The van der Waals surface area contributed by atoms with Gasteiger partial charge in [-0.25, -0.2) is 0 Å². The number of thioether (sulfide) groups is 1. The lowest BCUT2D eigenvalue weighted by Gasteiger charge is -2.01. The van der Waals surface area contributed by atoms with Crippen LogP contribution in [-0.2, 0) is 11.3 Å². The Kier molecular flexibility index (Phi) is 4.40. The minimum Gasteiger partial charge on any atom is -0.399 e. The van der Waals surface area contributed by atoms with E-state index in [1.165, 1.54) is 11.8 Å². The summed E-state index contributed by atoms with van der Waals surface area (Å²) in [5.41, 5.74) is 6.35. The number of hydrogen-bond donors (Lipinski definition) is 2. The van der Waals surface area contributed by atoms with Crippen LogP contribution in [0.4, 0.5) is 11.6 Å². The van der Waals surface area contributed by atoms with E-state index in [0.29, 0.717) is 18.1 Å². The molecule has 19 heavy (non-hydrogen) atoms. The number of anilines is 2. The maximum Gasteiger partial charge on any atom is 0.302 e. The second-order valence-corrected chi connectivity index (χ2v) is 4.88. The first kappa shape index (κ1) is 13.4. The summed E-state index contributed by atoms with van der Waals surface area (Å²) < 4.78 is 6.55. The Morgan fingerprint density at radius 1 is 1.58 bits per heavy atom. The molecule has 2 rings (SSSR count). The Bertz CT molecular complexity index is 570. The van der Waals surface area contributed by atoms with E-state index in [-0.39, 0.29) is 11.7 Å². The summed E-state index contributed by atoms with van der Waals surface area (Å²) in [6.45, 7) is 2.63. The second kappa shape index (κ2) is 6.24. The molecule has 6 nitrogen and oxygen atoms in total. The van der Waals surface area contributed by atoms with Gasteiger partial charge in [0.25, 0.3) is 6.20 Å².